The molecule has 1 fully saturated rings. The van der Waals surface area contributed by atoms with Gasteiger partial charge in [0.2, 0.25) is 0 Å². The van der Waals surface area contributed by atoms with Crippen molar-refractivity contribution in [1.29, 1.82) is 5.41 Å². The minimum Gasteiger partial charge on any atom is -0.382 e. The molecule has 6 heteroatoms. The van der Waals surface area contributed by atoms with E-state index < -0.39 is 0 Å². The summed E-state index contributed by atoms with van der Waals surface area (Å²) in [5, 5.41) is 7.51. The Labute approximate surface area is 107 Å². The molecule has 1 aromatic heterocycles. The van der Waals surface area contributed by atoms with Crippen LogP contribution in [0.3, 0.4) is 0 Å². The molecule has 1 saturated heterocycles. The molecule has 0 bridgehead atoms. The van der Waals surface area contributed by atoms with Crippen molar-refractivity contribution < 1.29 is 0 Å². The molecule has 0 atom stereocenters. The lowest BCUT2D eigenvalue weighted by molar-refractivity contribution is 0.346. The molecule has 18 heavy (non-hydrogen) atoms. The van der Waals surface area contributed by atoms with Gasteiger partial charge in [0.25, 0.3) is 0 Å². The zero-order valence-corrected chi connectivity index (χ0v) is 10.8. The quantitative estimate of drug-likeness (QED) is 0.578. The van der Waals surface area contributed by atoms with Crippen molar-refractivity contribution in [2.45, 2.75) is 12.8 Å². The Morgan fingerprint density at radius 1 is 1.39 bits per heavy atom. The molecule has 1 aromatic rings. The van der Waals surface area contributed by atoms with E-state index >= 15 is 0 Å². The maximum atomic E-state index is 7.51. The third kappa shape index (κ3) is 2.95. The monoisotopic (exact) mass is 248 g/mol. The lowest BCUT2D eigenvalue weighted by Crippen LogP contribution is -2.33. The number of likely N-dealkylation sites (tertiary alicyclic amines) is 1. The highest BCUT2D eigenvalue weighted by Gasteiger charge is 2.15. The van der Waals surface area contributed by atoms with Gasteiger partial charge in [0.1, 0.15) is 11.5 Å². The van der Waals surface area contributed by atoms with Crippen LogP contribution in [0.15, 0.2) is 12.4 Å². The van der Waals surface area contributed by atoms with Crippen LogP contribution in [0.1, 0.15) is 18.5 Å². The van der Waals surface area contributed by atoms with Crippen LogP contribution in [0, 0.1) is 5.41 Å². The number of anilines is 1. The first kappa shape index (κ1) is 12.8. The standard InChI is InChI=1S/C12H20N6/c1-17(8-9-18-6-2-3-7-18)12-10(11(13)14)15-4-5-16-12/h4-5H,2-3,6-9H2,1H3,(H3,13,14). The molecule has 0 amide bonds. The van der Waals surface area contributed by atoms with Crippen molar-refractivity contribution in [3.8, 4) is 0 Å². The van der Waals surface area contributed by atoms with Crippen molar-refractivity contribution in [1.82, 2.24) is 14.9 Å². The molecule has 0 spiro atoms. The average Bonchev–Trinajstić information content (AvgIpc) is 2.89. The summed E-state index contributed by atoms with van der Waals surface area (Å²) in [4.78, 5) is 12.8. The van der Waals surface area contributed by atoms with Crippen molar-refractivity contribution in [2.24, 2.45) is 5.73 Å². The molecule has 3 N–H and O–H groups in total. The predicted octanol–water partition coefficient (Wildman–Crippen LogP) is 0.293. The van der Waals surface area contributed by atoms with E-state index in [4.69, 9.17) is 11.1 Å². The molecule has 1 aliphatic rings. The van der Waals surface area contributed by atoms with Crippen LogP contribution in [0.5, 0.6) is 0 Å². The van der Waals surface area contributed by atoms with Gasteiger partial charge >= 0.3 is 0 Å². The van der Waals surface area contributed by atoms with E-state index in [1.54, 1.807) is 12.4 Å². The smallest absolute Gasteiger partial charge is 0.158 e. The summed E-state index contributed by atoms with van der Waals surface area (Å²) in [5.41, 5.74) is 5.97. The number of nitrogen functional groups attached to an aromatic ring is 1. The third-order valence-electron chi connectivity index (χ3n) is 3.25. The summed E-state index contributed by atoms with van der Waals surface area (Å²) in [6, 6.07) is 0. The van der Waals surface area contributed by atoms with Gasteiger partial charge in [-0.2, -0.15) is 0 Å². The summed E-state index contributed by atoms with van der Waals surface area (Å²) < 4.78 is 0. The number of nitrogens with zero attached hydrogens (tertiary/aromatic N) is 4. The zero-order valence-electron chi connectivity index (χ0n) is 10.8. The Balaban J connectivity index is 1.99. The van der Waals surface area contributed by atoms with Gasteiger partial charge in [-0.05, 0) is 25.9 Å². The summed E-state index contributed by atoms with van der Waals surface area (Å²) in [6.45, 7) is 4.27. The van der Waals surface area contributed by atoms with Gasteiger partial charge in [0.15, 0.2) is 5.82 Å². The Bertz CT molecular complexity index is 413. The molecule has 0 saturated carbocycles. The Kier molecular flexibility index (Phi) is 4.09. The summed E-state index contributed by atoms with van der Waals surface area (Å²) >= 11 is 0. The maximum absolute atomic E-state index is 7.51. The molecule has 0 aliphatic carbocycles. The summed E-state index contributed by atoms with van der Waals surface area (Å²) in [7, 11) is 1.96. The van der Waals surface area contributed by atoms with E-state index in [9.17, 15) is 0 Å². The number of hydrogen-bond donors (Lipinski definition) is 2. The lowest BCUT2D eigenvalue weighted by Gasteiger charge is -2.23. The van der Waals surface area contributed by atoms with Crippen molar-refractivity contribution in [2.75, 3.05) is 38.1 Å². The number of amidine groups is 1. The SMILES string of the molecule is CN(CCN1CCCC1)c1nccnc1C(=N)N. The van der Waals surface area contributed by atoms with E-state index in [0.29, 0.717) is 11.5 Å². The fourth-order valence-corrected chi connectivity index (χ4v) is 2.20. The molecule has 98 valence electrons. The lowest BCUT2D eigenvalue weighted by atomic mass is 10.3. The van der Waals surface area contributed by atoms with Gasteiger partial charge in [-0.25, -0.2) is 9.97 Å². The average molecular weight is 248 g/mol. The highest BCUT2D eigenvalue weighted by molar-refractivity contribution is 5.97. The van der Waals surface area contributed by atoms with Crippen molar-refractivity contribution in [3.63, 3.8) is 0 Å². The van der Waals surface area contributed by atoms with Gasteiger partial charge in [-0.1, -0.05) is 0 Å². The topological polar surface area (TPSA) is 82.1 Å². The second kappa shape index (κ2) is 5.77. The molecule has 2 rings (SSSR count). The van der Waals surface area contributed by atoms with Gasteiger partial charge in [-0.15, -0.1) is 0 Å². The fraction of sp³-hybridized carbons (Fsp3) is 0.583. The molecule has 0 aromatic carbocycles. The van der Waals surface area contributed by atoms with E-state index in [1.165, 1.54) is 25.9 Å². The second-order valence-electron chi connectivity index (χ2n) is 4.61. The number of hydrogen-bond acceptors (Lipinski definition) is 5. The van der Waals surface area contributed by atoms with E-state index in [0.717, 1.165) is 13.1 Å². The van der Waals surface area contributed by atoms with E-state index in [2.05, 4.69) is 14.9 Å². The number of aromatic nitrogens is 2. The Hall–Kier alpha value is -1.69. The number of nitrogens with two attached hydrogens (primary N) is 1. The van der Waals surface area contributed by atoms with Crippen LogP contribution in [-0.2, 0) is 0 Å². The molecule has 0 unspecified atom stereocenters. The van der Waals surface area contributed by atoms with Gasteiger partial charge < -0.3 is 15.5 Å². The van der Waals surface area contributed by atoms with Crippen LogP contribution < -0.4 is 10.6 Å². The summed E-state index contributed by atoms with van der Waals surface area (Å²) in [5.74, 6) is 0.648. The van der Waals surface area contributed by atoms with Crippen molar-refractivity contribution >= 4 is 11.7 Å². The Morgan fingerprint density at radius 3 is 2.72 bits per heavy atom. The maximum Gasteiger partial charge on any atom is 0.158 e. The predicted molar refractivity (Wildman–Crippen MR) is 72.0 cm³/mol. The molecule has 1 aliphatic heterocycles. The van der Waals surface area contributed by atoms with Crippen LogP contribution >= 0.6 is 0 Å². The highest BCUT2D eigenvalue weighted by Crippen LogP contribution is 2.13. The van der Waals surface area contributed by atoms with Gasteiger partial charge in [0.05, 0.1) is 0 Å². The summed E-state index contributed by atoms with van der Waals surface area (Å²) in [6.07, 6.45) is 5.80. The van der Waals surface area contributed by atoms with E-state index in [-0.39, 0.29) is 5.84 Å². The second-order valence-corrected chi connectivity index (χ2v) is 4.61. The van der Waals surface area contributed by atoms with Crippen LogP contribution in [-0.4, -0.2) is 53.9 Å². The first-order chi connectivity index (χ1) is 8.68. The van der Waals surface area contributed by atoms with Crippen LogP contribution in [0.4, 0.5) is 5.82 Å². The first-order valence-electron chi connectivity index (χ1n) is 6.27. The van der Waals surface area contributed by atoms with Crippen LogP contribution in [0.2, 0.25) is 0 Å². The zero-order chi connectivity index (χ0) is 13.0. The normalized spacial score (nSPS) is 15.8. The number of likely N-dealkylation sites (N-methyl/N-ethyl adjacent to an activating group) is 1. The first-order valence-corrected chi connectivity index (χ1v) is 6.27. The molecule has 2 heterocycles. The van der Waals surface area contributed by atoms with Gasteiger partial charge in [0, 0.05) is 32.5 Å². The minimum absolute atomic E-state index is 0.0360. The molecule has 6 nitrogen and oxygen atoms in total. The van der Waals surface area contributed by atoms with E-state index in [1.807, 2.05) is 11.9 Å². The van der Waals surface area contributed by atoms with Gasteiger partial charge in [-0.3, -0.25) is 5.41 Å². The molecular weight excluding hydrogens is 228 g/mol. The largest absolute Gasteiger partial charge is 0.382 e. The molecular formula is C12H20N6. The number of rotatable bonds is 5. The minimum atomic E-state index is -0.0360. The fourth-order valence-electron chi connectivity index (χ4n) is 2.20. The number of nitrogens with one attached hydrogen (secondary N) is 1. The van der Waals surface area contributed by atoms with Crippen molar-refractivity contribution in [3.05, 3.63) is 18.1 Å². The molecule has 0 radical (unpaired) electrons. The Morgan fingerprint density at radius 2 is 2.06 bits per heavy atom. The van der Waals surface area contributed by atoms with Crippen LogP contribution in [0.25, 0.3) is 0 Å². The third-order valence-corrected chi connectivity index (χ3v) is 3.25. The highest BCUT2D eigenvalue weighted by atomic mass is 15.2.